The normalized spacial score (nSPS) is 25.8. The van der Waals surface area contributed by atoms with E-state index in [1.54, 1.807) is 6.07 Å². The van der Waals surface area contributed by atoms with Crippen LogP contribution >= 0.6 is 11.6 Å². The first-order valence-corrected chi connectivity index (χ1v) is 10.7. The largest absolute Gasteiger partial charge is 0.393 e. The Balaban J connectivity index is 1.64. The molecule has 6 heteroatoms. The first-order chi connectivity index (χ1) is 14.1. The number of nitrogens with one attached hydrogen (secondary N) is 1. The van der Waals surface area contributed by atoms with Gasteiger partial charge in [-0.1, -0.05) is 29.8 Å². The maximum absolute atomic E-state index is 12.9. The van der Waals surface area contributed by atoms with Gasteiger partial charge in [-0.15, -0.1) is 0 Å². The average Bonchev–Trinajstić information content (AvgIpc) is 2.98. The summed E-state index contributed by atoms with van der Waals surface area (Å²) in [7, 11) is 0. The molecule has 0 atom stereocenters. The van der Waals surface area contributed by atoms with Gasteiger partial charge in [0.15, 0.2) is 0 Å². The fourth-order valence-electron chi connectivity index (χ4n) is 5.61. The molecule has 3 aliphatic rings. The highest BCUT2D eigenvalue weighted by molar-refractivity contribution is 6.35. The smallest absolute Gasteiger partial charge is 0.282 e. The molecular weight excluding hydrogens is 386 g/mol. The van der Waals surface area contributed by atoms with E-state index < -0.39 is 0 Å². The van der Waals surface area contributed by atoms with Crippen molar-refractivity contribution in [2.24, 2.45) is 0 Å². The number of benzene rings is 2. The van der Waals surface area contributed by atoms with Crippen molar-refractivity contribution in [3.63, 3.8) is 0 Å². The standard InChI is InChI=1S/C23H22ClN3O2/c24-17-2-1-3-18-20(17)21(29)26-22-23(11-15(28)12-23)16-5-4-14(10-19(16)27(18)22)13-6-8-25-9-7-13/h1-5,10,13,15,25,28H,6-9,11-12H2. The molecule has 29 heavy (non-hydrogen) atoms. The Morgan fingerprint density at radius 2 is 1.97 bits per heavy atom. The van der Waals surface area contributed by atoms with Crippen LogP contribution in [0.5, 0.6) is 0 Å². The van der Waals surface area contributed by atoms with Crippen molar-refractivity contribution in [2.75, 3.05) is 13.1 Å². The Hall–Kier alpha value is -2.21. The second kappa shape index (κ2) is 6.14. The molecule has 0 bridgehead atoms. The van der Waals surface area contributed by atoms with Crippen LogP contribution in [0, 0.1) is 0 Å². The molecule has 0 unspecified atom stereocenters. The number of aromatic nitrogens is 2. The summed E-state index contributed by atoms with van der Waals surface area (Å²) in [5.41, 5.74) is 3.72. The molecule has 0 amide bonds. The second-order valence-electron chi connectivity index (χ2n) is 8.65. The summed E-state index contributed by atoms with van der Waals surface area (Å²) in [4.78, 5) is 17.4. The Morgan fingerprint density at radius 3 is 2.72 bits per heavy atom. The van der Waals surface area contributed by atoms with E-state index in [1.807, 2.05) is 12.1 Å². The third kappa shape index (κ3) is 2.35. The molecule has 2 aromatic carbocycles. The molecule has 2 N–H and O–H groups in total. The van der Waals surface area contributed by atoms with Crippen molar-refractivity contribution in [3.8, 4) is 5.69 Å². The summed E-state index contributed by atoms with van der Waals surface area (Å²) in [6.45, 7) is 2.09. The van der Waals surface area contributed by atoms with Crippen molar-refractivity contribution >= 4 is 22.5 Å². The molecule has 0 radical (unpaired) electrons. The van der Waals surface area contributed by atoms with Crippen LogP contribution in [0.4, 0.5) is 0 Å². The molecule has 1 aliphatic carbocycles. The Labute approximate surface area is 173 Å². The minimum atomic E-state index is -0.378. The summed E-state index contributed by atoms with van der Waals surface area (Å²) in [5, 5.41) is 14.5. The fourth-order valence-corrected chi connectivity index (χ4v) is 5.86. The van der Waals surface area contributed by atoms with Gasteiger partial charge in [0.25, 0.3) is 5.56 Å². The monoisotopic (exact) mass is 407 g/mol. The quantitative estimate of drug-likeness (QED) is 0.649. The first-order valence-electron chi connectivity index (χ1n) is 10.3. The van der Waals surface area contributed by atoms with Crippen molar-refractivity contribution in [2.45, 2.75) is 43.1 Å². The van der Waals surface area contributed by atoms with Gasteiger partial charge in [-0.25, -0.2) is 0 Å². The van der Waals surface area contributed by atoms with Crippen molar-refractivity contribution in [1.29, 1.82) is 0 Å². The van der Waals surface area contributed by atoms with E-state index in [0.717, 1.165) is 43.0 Å². The SMILES string of the molecule is O=c1nc2n(c3cccc(Cl)c13)-c1cc(C3CCNCC3)ccc1C21CC(O)C1. The number of hydrogen-bond acceptors (Lipinski definition) is 4. The lowest BCUT2D eigenvalue weighted by Gasteiger charge is -2.42. The summed E-state index contributed by atoms with van der Waals surface area (Å²) in [6, 6.07) is 12.3. The number of aliphatic hydroxyl groups excluding tert-OH is 1. The van der Waals surface area contributed by atoms with Gasteiger partial charge in [-0.05, 0) is 74.0 Å². The number of halogens is 1. The van der Waals surface area contributed by atoms with E-state index in [2.05, 4.69) is 33.1 Å². The van der Waals surface area contributed by atoms with Crippen molar-refractivity contribution in [3.05, 3.63) is 68.7 Å². The Morgan fingerprint density at radius 1 is 1.17 bits per heavy atom. The van der Waals surface area contributed by atoms with Gasteiger partial charge >= 0.3 is 0 Å². The van der Waals surface area contributed by atoms with Crippen LogP contribution in [0.1, 0.15) is 48.6 Å². The van der Waals surface area contributed by atoms with E-state index in [1.165, 1.54) is 11.1 Å². The number of piperidine rings is 1. The zero-order valence-corrected chi connectivity index (χ0v) is 16.7. The van der Waals surface area contributed by atoms with Crippen LogP contribution in [-0.2, 0) is 5.41 Å². The zero-order chi connectivity index (χ0) is 19.8. The van der Waals surface area contributed by atoms with Crippen LogP contribution in [0.15, 0.2) is 41.2 Å². The predicted octanol–water partition coefficient (Wildman–Crippen LogP) is 3.26. The fraction of sp³-hybridized carbons (Fsp3) is 0.391. The molecule has 5 nitrogen and oxygen atoms in total. The van der Waals surface area contributed by atoms with Crippen LogP contribution < -0.4 is 10.9 Å². The summed E-state index contributed by atoms with van der Waals surface area (Å²) in [6.07, 6.45) is 3.11. The molecular formula is C23H22ClN3O2. The summed E-state index contributed by atoms with van der Waals surface area (Å²) < 4.78 is 2.12. The number of rotatable bonds is 1. The van der Waals surface area contributed by atoms with E-state index in [0.29, 0.717) is 29.2 Å². The summed E-state index contributed by atoms with van der Waals surface area (Å²) >= 11 is 6.39. The van der Waals surface area contributed by atoms with Gasteiger partial charge in [-0.3, -0.25) is 9.36 Å². The summed E-state index contributed by atoms with van der Waals surface area (Å²) in [5.74, 6) is 1.29. The highest BCUT2D eigenvalue weighted by Gasteiger charge is 2.54. The van der Waals surface area contributed by atoms with Gasteiger partial charge in [0, 0.05) is 0 Å². The third-order valence-electron chi connectivity index (χ3n) is 7.05. The maximum atomic E-state index is 12.9. The van der Waals surface area contributed by atoms with Crippen LogP contribution in [0.3, 0.4) is 0 Å². The van der Waals surface area contributed by atoms with Crippen LogP contribution in [0.25, 0.3) is 16.6 Å². The molecule has 1 saturated carbocycles. The van der Waals surface area contributed by atoms with Gasteiger partial charge in [0.2, 0.25) is 0 Å². The molecule has 1 aromatic heterocycles. The zero-order valence-electron chi connectivity index (χ0n) is 16.0. The second-order valence-corrected chi connectivity index (χ2v) is 9.06. The molecule has 2 aliphatic heterocycles. The van der Waals surface area contributed by atoms with Crippen molar-refractivity contribution < 1.29 is 5.11 Å². The molecule has 3 heterocycles. The van der Waals surface area contributed by atoms with Crippen molar-refractivity contribution in [1.82, 2.24) is 14.9 Å². The minimum absolute atomic E-state index is 0.288. The number of fused-ring (bicyclic) bond motifs is 7. The topological polar surface area (TPSA) is 67.2 Å². The predicted molar refractivity (Wildman–Crippen MR) is 113 cm³/mol. The van der Waals surface area contributed by atoms with Gasteiger partial charge in [0.1, 0.15) is 5.82 Å². The number of aliphatic hydroxyl groups is 1. The molecule has 3 aromatic rings. The Kier molecular flexibility index (Phi) is 3.74. The van der Waals surface area contributed by atoms with Gasteiger partial charge < -0.3 is 10.4 Å². The first kappa shape index (κ1) is 17.6. The maximum Gasteiger partial charge on any atom is 0.282 e. The van der Waals surface area contributed by atoms with Gasteiger partial charge in [0.05, 0.1) is 33.1 Å². The molecule has 2 fully saturated rings. The lowest BCUT2D eigenvalue weighted by atomic mass is 9.63. The molecule has 6 rings (SSSR count). The highest BCUT2D eigenvalue weighted by Crippen LogP contribution is 2.55. The van der Waals surface area contributed by atoms with E-state index in [-0.39, 0.29) is 17.1 Å². The molecule has 1 saturated heterocycles. The van der Waals surface area contributed by atoms with Crippen LogP contribution in [0.2, 0.25) is 5.02 Å². The molecule has 148 valence electrons. The average molecular weight is 408 g/mol. The number of hydrogen-bond donors (Lipinski definition) is 2. The minimum Gasteiger partial charge on any atom is -0.393 e. The van der Waals surface area contributed by atoms with E-state index in [4.69, 9.17) is 11.6 Å². The Bertz CT molecular complexity index is 1210. The lowest BCUT2D eigenvalue weighted by molar-refractivity contribution is 0.0361. The van der Waals surface area contributed by atoms with Gasteiger partial charge in [-0.2, -0.15) is 4.98 Å². The van der Waals surface area contributed by atoms with E-state index >= 15 is 0 Å². The number of nitrogens with zero attached hydrogens (tertiary/aromatic N) is 2. The highest BCUT2D eigenvalue weighted by atomic mass is 35.5. The van der Waals surface area contributed by atoms with Crippen LogP contribution in [-0.4, -0.2) is 33.9 Å². The molecule has 1 spiro atoms. The third-order valence-corrected chi connectivity index (χ3v) is 7.37. The lowest BCUT2D eigenvalue weighted by Crippen LogP contribution is -2.45. The van der Waals surface area contributed by atoms with E-state index in [9.17, 15) is 9.90 Å².